The minimum Gasteiger partial charge on any atom is -0.378 e. The van der Waals surface area contributed by atoms with Gasteiger partial charge in [0.05, 0.1) is 24.3 Å². The Balaban J connectivity index is 1.85. The van der Waals surface area contributed by atoms with Crippen LogP contribution in [0.15, 0.2) is 36.5 Å². The van der Waals surface area contributed by atoms with Gasteiger partial charge in [0, 0.05) is 23.9 Å². The van der Waals surface area contributed by atoms with Crippen LogP contribution in [0.3, 0.4) is 0 Å². The first-order valence-electron chi connectivity index (χ1n) is 8.27. The molecule has 2 heterocycles. The molecule has 138 valence electrons. The van der Waals surface area contributed by atoms with Gasteiger partial charge in [-0.1, -0.05) is 0 Å². The van der Waals surface area contributed by atoms with Crippen LogP contribution in [0, 0.1) is 17.1 Å². The molecule has 3 rings (SSSR count). The lowest BCUT2D eigenvalue weighted by atomic mass is 9.91. The molecule has 2 amide bonds. The fourth-order valence-electron chi connectivity index (χ4n) is 2.81. The van der Waals surface area contributed by atoms with Crippen LogP contribution in [0.5, 0.6) is 0 Å². The SMILES string of the molecule is C[C@@]1(c2cc(NC(=O)c3ccc(C#N)cn3)ccc2F)COCCC(=O)N1. The maximum Gasteiger partial charge on any atom is 0.274 e. The summed E-state index contributed by atoms with van der Waals surface area (Å²) in [6.45, 7) is 2.05. The van der Waals surface area contributed by atoms with Crippen molar-refractivity contribution >= 4 is 17.5 Å². The second-order valence-electron chi connectivity index (χ2n) is 6.38. The fourth-order valence-corrected chi connectivity index (χ4v) is 2.81. The van der Waals surface area contributed by atoms with E-state index in [4.69, 9.17) is 10.00 Å². The van der Waals surface area contributed by atoms with Gasteiger partial charge >= 0.3 is 0 Å². The highest BCUT2D eigenvalue weighted by Gasteiger charge is 2.34. The van der Waals surface area contributed by atoms with Crippen molar-refractivity contribution in [3.63, 3.8) is 0 Å². The van der Waals surface area contributed by atoms with E-state index >= 15 is 0 Å². The predicted octanol–water partition coefficient (Wildman–Crippen LogP) is 2.10. The first-order valence-corrected chi connectivity index (χ1v) is 8.27. The lowest BCUT2D eigenvalue weighted by Crippen LogP contribution is -2.45. The molecule has 1 aromatic carbocycles. The van der Waals surface area contributed by atoms with Gasteiger partial charge in [0.15, 0.2) is 0 Å². The summed E-state index contributed by atoms with van der Waals surface area (Å²) >= 11 is 0. The van der Waals surface area contributed by atoms with Crippen LogP contribution >= 0.6 is 0 Å². The Hall–Kier alpha value is -3.31. The lowest BCUT2D eigenvalue weighted by molar-refractivity contribution is -0.122. The number of nitriles is 1. The summed E-state index contributed by atoms with van der Waals surface area (Å²) in [7, 11) is 0. The van der Waals surface area contributed by atoms with E-state index in [1.54, 1.807) is 6.92 Å². The van der Waals surface area contributed by atoms with Crippen molar-refractivity contribution in [1.29, 1.82) is 5.26 Å². The summed E-state index contributed by atoms with van der Waals surface area (Å²) in [6.07, 6.45) is 1.50. The fraction of sp³-hybridized carbons (Fsp3) is 0.263. The third-order valence-electron chi connectivity index (χ3n) is 4.22. The number of pyridine rings is 1. The summed E-state index contributed by atoms with van der Waals surface area (Å²) in [5.41, 5.74) is -0.0269. The summed E-state index contributed by atoms with van der Waals surface area (Å²) in [4.78, 5) is 28.1. The molecule has 0 bridgehead atoms. The Bertz CT molecular complexity index is 924. The van der Waals surface area contributed by atoms with E-state index in [1.165, 1.54) is 36.5 Å². The van der Waals surface area contributed by atoms with Crippen LogP contribution in [-0.4, -0.2) is 30.0 Å². The van der Waals surface area contributed by atoms with Crippen LogP contribution in [-0.2, 0) is 15.1 Å². The maximum absolute atomic E-state index is 14.4. The van der Waals surface area contributed by atoms with Crippen molar-refractivity contribution in [3.8, 4) is 6.07 Å². The number of rotatable bonds is 3. The number of carbonyl (C=O) groups excluding carboxylic acids is 2. The Morgan fingerprint density at radius 3 is 2.93 bits per heavy atom. The molecular weight excluding hydrogens is 351 g/mol. The van der Waals surface area contributed by atoms with Crippen LogP contribution in [0.1, 0.15) is 35.0 Å². The molecule has 0 radical (unpaired) electrons. The van der Waals surface area contributed by atoms with Gasteiger partial charge in [-0.15, -0.1) is 0 Å². The zero-order chi connectivity index (χ0) is 19.4. The monoisotopic (exact) mass is 368 g/mol. The van der Waals surface area contributed by atoms with Gasteiger partial charge in [-0.3, -0.25) is 9.59 Å². The normalized spacial score (nSPS) is 19.5. The number of nitrogens with zero attached hydrogens (tertiary/aromatic N) is 2. The number of ether oxygens (including phenoxy) is 1. The number of hydrogen-bond acceptors (Lipinski definition) is 5. The molecule has 7 nitrogen and oxygen atoms in total. The Morgan fingerprint density at radius 2 is 2.22 bits per heavy atom. The van der Waals surface area contributed by atoms with Gasteiger partial charge in [0.2, 0.25) is 5.91 Å². The van der Waals surface area contributed by atoms with Gasteiger partial charge in [0.25, 0.3) is 5.91 Å². The number of hydrogen-bond donors (Lipinski definition) is 2. The van der Waals surface area contributed by atoms with Crippen molar-refractivity contribution in [2.75, 3.05) is 18.5 Å². The molecule has 1 fully saturated rings. The van der Waals surface area contributed by atoms with Crippen LogP contribution < -0.4 is 10.6 Å². The van der Waals surface area contributed by atoms with E-state index in [9.17, 15) is 14.0 Å². The number of aromatic nitrogens is 1. The lowest BCUT2D eigenvalue weighted by Gasteiger charge is -2.29. The molecule has 0 spiro atoms. The van der Waals surface area contributed by atoms with E-state index in [0.717, 1.165) is 0 Å². The van der Waals surface area contributed by atoms with Crippen molar-refractivity contribution in [2.45, 2.75) is 18.9 Å². The first-order chi connectivity index (χ1) is 12.9. The van der Waals surface area contributed by atoms with Gasteiger partial charge in [0.1, 0.15) is 17.6 Å². The zero-order valence-electron chi connectivity index (χ0n) is 14.6. The summed E-state index contributed by atoms with van der Waals surface area (Å²) in [5, 5.41) is 14.2. The average molecular weight is 368 g/mol. The number of amides is 2. The van der Waals surface area contributed by atoms with Gasteiger partial charge in [-0.2, -0.15) is 5.26 Å². The van der Waals surface area contributed by atoms with Crippen LogP contribution in [0.25, 0.3) is 0 Å². The van der Waals surface area contributed by atoms with Crippen molar-refractivity contribution in [1.82, 2.24) is 10.3 Å². The smallest absolute Gasteiger partial charge is 0.274 e. The molecule has 0 saturated carbocycles. The number of benzene rings is 1. The third-order valence-corrected chi connectivity index (χ3v) is 4.22. The van der Waals surface area contributed by atoms with Gasteiger partial charge in [-0.05, 0) is 37.3 Å². The van der Waals surface area contributed by atoms with Crippen LogP contribution in [0.4, 0.5) is 10.1 Å². The Morgan fingerprint density at radius 1 is 1.41 bits per heavy atom. The largest absolute Gasteiger partial charge is 0.378 e. The van der Waals surface area contributed by atoms with E-state index in [0.29, 0.717) is 11.3 Å². The topological polar surface area (TPSA) is 104 Å². The summed E-state index contributed by atoms with van der Waals surface area (Å²) in [6, 6.07) is 8.94. The highest BCUT2D eigenvalue weighted by Crippen LogP contribution is 2.28. The molecule has 2 N–H and O–H groups in total. The predicted molar refractivity (Wildman–Crippen MR) is 94.2 cm³/mol. The molecule has 1 saturated heterocycles. The first kappa shape index (κ1) is 18.5. The number of halogens is 1. The maximum atomic E-state index is 14.4. The minimum absolute atomic E-state index is 0.115. The number of anilines is 1. The molecule has 0 aliphatic carbocycles. The number of nitrogens with one attached hydrogen (secondary N) is 2. The van der Waals surface area contributed by atoms with Crippen molar-refractivity contribution in [2.24, 2.45) is 0 Å². The second-order valence-corrected chi connectivity index (χ2v) is 6.38. The highest BCUT2D eigenvalue weighted by molar-refractivity contribution is 6.02. The molecule has 1 aliphatic heterocycles. The Labute approximate surface area is 155 Å². The molecule has 1 aromatic heterocycles. The molecule has 27 heavy (non-hydrogen) atoms. The minimum atomic E-state index is -1.05. The molecular formula is C19H17FN4O3. The van der Waals surface area contributed by atoms with Gasteiger partial charge < -0.3 is 15.4 Å². The van der Waals surface area contributed by atoms with E-state index < -0.39 is 17.3 Å². The third kappa shape index (κ3) is 4.10. The number of carbonyl (C=O) groups is 2. The van der Waals surface area contributed by atoms with Gasteiger partial charge in [-0.25, -0.2) is 9.37 Å². The molecule has 0 unspecified atom stereocenters. The average Bonchev–Trinajstić information content (AvgIpc) is 2.84. The van der Waals surface area contributed by atoms with E-state index in [1.807, 2.05) is 6.07 Å². The molecule has 1 atom stereocenters. The molecule has 8 heteroatoms. The summed E-state index contributed by atoms with van der Waals surface area (Å²) in [5.74, 6) is -1.24. The quantitative estimate of drug-likeness (QED) is 0.863. The standard InChI is InChI=1S/C19H17FN4O3/c1-19(11-27-7-6-17(25)24-19)14-8-13(3-4-15(14)20)23-18(26)16-5-2-12(9-21)10-22-16/h2-5,8,10H,6-7,11H2,1H3,(H,23,26)(H,24,25)/t19-/m0/s1. The highest BCUT2D eigenvalue weighted by atomic mass is 19.1. The van der Waals surface area contributed by atoms with Crippen molar-refractivity contribution in [3.05, 3.63) is 59.2 Å². The second kappa shape index (κ2) is 7.51. The Kier molecular flexibility index (Phi) is 5.14. The summed E-state index contributed by atoms with van der Waals surface area (Å²) < 4.78 is 19.9. The van der Waals surface area contributed by atoms with E-state index in [-0.39, 0.29) is 36.8 Å². The van der Waals surface area contributed by atoms with Crippen molar-refractivity contribution < 1.29 is 18.7 Å². The van der Waals surface area contributed by atoms with E-state index in [2.05, 4.69) is 15.6 Å². The molecule has 2 aromatic rings. The zero-order valence-corrected chi connectivity index (χ0v) is 14.6. The van der Waals surface area contributed by atoms with Crippen LogP contribution in [0.2, 0.25) is 0 Å². The molecule has 1 aliphatic rings.